The molecule has 21 heavy (non-hydrogen) atoms. The lowest BCUT2D eigenvalue weighted by Crippen LogP contribution is -2.11. The van der Waals surface area contributed by atoms with E-state index in [1.54, 1.807) is 16.6 Å². The number of nitrogens with one attached hydrogen (secondary N) is 1. The second-order valence-corrected chi connectivity index (χ2v) is 5.77. The smallest absolute Gasteiger partial charge is 0.242 e. The van der Waals surface area contributed by atoms with Gasteiger partial charge in [0.2, 0.25) is 5.95 Å². The van der Waals surface area contributed by atoms with Crippen LogP contribution in [-0.2, 0) is 0 Å². The Labute approximate surface area is 134 Å². The van der Waals surface area contributed by atoms with Crippen molar-refractivity contribution in [1.82, 2.24) is 14.6 Å². The molecule has 0 amide bonds. The molecule has 7 heteroatoms. The first-order chi connectivity index (χ1) is 10.0. The van der Waals surface area contributed by atoms with E-state index in [1.807, 2.05) is 19.1 Å². The Morgan fingerprint density at radius 1 is 1.24 bits per heavy atom. The fraction of sp³-hybridized carbons (Fsp3) is 0.143. The van der Waals surface area contributed by atoms with Gasteiger partial charge in [-0.15, -0.1) is 5.10 Å². The highest BCUT2D eigenvalue weighted by Gasteiger charge is 2.11. The van der Waals surface area contributed by atoms with E-state index in [0.29, 0.717) is 11.1 Å². The van der Waals surface area contributed by atoms with E-state index in [2.05, 4.69) is 31.3 Å². The molecule has 0 saturated heterocycles. The Morgan fingerprint density at radius 3 is 2.67 bits per heavy atom. The van der Waals surface area contributed by atoms with Gasteiger partial charge in [-0.2, -0.15) is 4.98 Å². The molecule has 1 atom stereocenters. The first kappa shape index (κ1) is 14.3. The van der Waals surface area contributed by atoms with Gasteiger partial charge in [-0.1, -0.05) is 23.7 Å². The molecule has 3 aromatic rings. The van der Waals surface area contributed by atoms with Crippen molar-refractivity contribution in [3.8, 4) is 0 Å². The second-order valence-electron chi connectivity index (χ2n) is 4.60. The summed E-state index contributed by atoms with van der Waals surface area (Å²) in [4.78, 5) is 4.23. The lowest BCUT2D eigenvalue weighted by Gasteiger charge is -2.14. The van der Waals surface area contributed by atoms with Gasteiger partial charge in [0.15, 0.2) is 5.15 Å². The average Bonchev–Trinajstić information content (AvgIpc) is 2.82. The molecule has 0 spiro atoms. The van der Waals surface area contributed by atoms with Gasteiger partial charge in [0.05, 0.1) is 6.04 Å². The first-order valence-corrected chi connectivity index (χ1v) is 7.44. The van der Waals surface area contributed by atoms with Crippen LogP contribution in [0.25, 0.3) is 5.52 Å². The van der Waals surface area contributed by atoms with E-state index in [9.17, 15) is 4.39 Å². The molecule has 0 aliphatic rings. The normalized spacial score (nSPS) is 12.6. The number of hydrogen-bond acceptors (Lipinski definition) is 3. The first-order valence-electron chi connectivity index (χ1n) is 6.27. The number of benzene rings is 1. The van der Waals surface area contributed by atoms with Crippen LogP contribution >= 0.6 is 27.5 Å². The number of nitrogens with zero attached hydrogens (tertiary/aromatic N) is 3. The largest absolute Gasteiger partial charge is 0.346 e. The average molecular weight is 370 g/mol. The highest BCUT2D eigenvalue weighted by molar-refractivity contribution is 9.10. The molecule has 1 aromatic carbocycles. The zero-order valence-corrected chi connectivity index (χ0v) is 13.4. The maximum Gasteiger partial charge on any atom is 0.242 e. The fourth-order valence-electron chi connectivity index (χ4n) is 2.02. The Kier molecular flexibility index (Phi) is 3.82. The van der Waals surface area contributed by atoms with Crippen LogP contribution in [0.1, 0.15) is 18.5 Å². The Hall–Kier alpha value is -1.66. The summed E-state index contributed by atoms with van der Waals surface area (Å²) in [6.07, 6.45) is 0. The van der Waals surface area contributed by atoms with E-state index in [4.69, 9.17) is 11.6 Å². The summed E-state index contributed by atoms with van der Waals surface area (Å²) in [5.41, 5.74) is 1.66. The van der Waals surface area contributed by atoms with Crippen LogP contribution in [0.2, 0.25) is 5.15 Å². The van der Waals surface area contributed by atoms with E-state index in [0.717, 1.165) is 15.7 Å². The molecule has 0 radical (unpaired) electrons. The Morgan fingerprint density at radius 2 is 1.95 bits per heavy atom. The van der Waals surface area contributed by atoms with E-state index in [-0.39, 0.29) is 11.9 Å². The molecule has 108 valence electrons. The van der Waals surface area contributed by atoms with Gasteiger partial charge in [0.25, 0.3) is 0 Å². The molecule has 3 rings (SSSR count). The molecular weight excluding hydrogens is 359 g/mol. The summed E-state index contributed by atoms with van der Waals surface area (Å²) in [6, 6.07) is 9.90. The minimum atomic E-state index is -0.261. The third-order valence-electron chi connectivity index (χ3n) is 3.14. The summed E-state index contributed by atoms with van der Waals surface area (Å²) in [6.45, 7) is 1.94. The third-order valence-corrected chi connectivity index (χ3v) is 4.01. The number of anilines is 1. The summed E-state index contributed by atoms with van der Waals surface area (Å²) < 4.78 is 15.4. The maximum atomic E-state index is 12.9. The lowest BCUT2D eigenvalue weighted by molar-refractivity contribution is 0.626. The van der Waals surface area contributed by atoms with Crippen LogP contribution in [0, 0.1) is 5.82 Å². The molecule has 1 unspecified atom stereocenters. The van der Waals surface area contributed by atoms with Crippen molar-refractivity contribution in [3.63, 3.8) is 0 Å². The summed E-state index contributed by atoms with van der Waals surface area (Å²) in [5, 5.41) is 7.89. The minimum absolute atomic E-state index is 0.0755. The minimum Gasteiger partial charge on any atom is -0.346 e. The quantitative estimate of drug-likeness (QED) is 0.741. The zero-order chi connectivity index (χ0) is 15.0. The molecule has 2 heterocycles. The molecule has 0 aliphatic carbocycles. The van der Waals surface area contributed by atoms with Crippen LogP contribution in [0.4, 0.5) is 10.3 Å². The monoisotopic (exact) mass is 368 g/mol. The molecular formula is C14H11BrClFN4. The number of fused-ring (bicyclic) bond motifs is 1. The van der Waals surface area contributed by atoms with Crippen molar-refractivity contribution in [3.05, 3.63) is 57.5 Å². The van der Waals surface area contributed by atoms with Crippen molar-refractivity contribution in [2.75, 3.05) is 5.32 Å². The topological polar surface area (TPSA) is 42.2 Å². The van der Waals surface area contributed by atoms with Gasteiger partial charge in [0.1, 0.15) is 15.9 Å². The molecule has 0 aliphatic heterocycles. The number of rotatable bonds is 3. The van der Waals surface area contributed by atoms with Crippen LogP contribution in [0.5, 0.6) is 0 Å². The van der Waals surface area contributed by atoms with Gasteiger partial charge in [-0.05, 0) is 52.7 Å². The van der Waals surface area contributed by atoms with Crippen molar-refractivity contribution >= 4 is 39.0 Å². The van der Waals surface area contributed by atoms with Gasteiger partial charge in [-0.25, -0.2) is 8.91 Å². The van der Waals surface area contributed by atoms with E-state index >= 15 is 0 Å². The summed E-state index contributed by atoms with van der Waals surface area (Å²) in [5.74, 6) is 0.143. The third kappa shape index (κ3) is 2.87. The van der Waals surface area contributed by atoms with Crippen LogP contribution in [0.3, 0.4) is 0 Å². The van der Waals surface area contributed by atoms with Gasteiger partial charge >= 0.3 is 0 Å². The molecule has 4 nitrogen and oxygen atoms in total. The number of aromatic nitrogens is 3. The fourth-order valence-corrected chi connectivity index (χ4v) is 2.64. The Bertz CT molecular complexity index is 788. The van der Waals surface area contributed by atoms with E-state index < -0.39 is 0 Å². The van der Waals surface area contributed by atoms with Crippen molar-refractivity contribution in [2.45, 2.75) is 13.0 Å². The van der Waals surface area contributed by atoms with Crippen molar-refractivity contribution in [2.24, 2.45) is 0 Å². The van der Waals surface area contributed by atoms with Crippen molar-refractivity contribution < 1.29 is 4.39 Å². The molecule has 0 fully saturated rings. The predicted octanol–water partition coefficient (Wildman–Crippen LogP) is 4.46. The van der Waals surface area contributed by atoms with Crippen LogP contribution < -0.4 is 5.32 Å². The van der Waals surface area contributed by atoms with Crippen molar-refractivity contribution in [1.29, 1.82) is 0 Å². The maximum absolute atomic E-state index is 12.9. The molecule has 2 aromatic heterocycles. The summed E-state index contributed by atoms with van der Waals surface area (Å²) in [7, 11) is 0. The lowest BCUT2D eigenvalue weighted by atomic mass is 10.1. The molecule has 0 bridgehead atoms. The number of hydrogen-bond donors (Lipinski definition) is 1. The Balaban J connectivity index is 1.90. The van der Waals surface area contributed by atoms with Gasteiger partial charge in [-0.3, -0.25) is 0 Å². The highest BCUT2D eigenvalue weighted by Crippen LogP contribution is 2.23. The van der Waals surface area contributed by atoms with E-state index in [1.165, 1.54) is 12.1 Å². The van der Waals surface area contributed by atoms with Crippen LogP contribution in [-0.4, -0.2) is 14.6 Å². The second kappa shape index (κ2) is 5.61. The highest BCUT2D eigenvalue weighted by atomic mass is 79.9. The van der Waals surface area contributed by atoms with Gasteiger partial charge < -0.3 is 5.32 Å². The van der Waals surface area contributed by atoms with Crippen LogP contribution in [0.15, 0.2) is 41.0 Å². The van der Waals surface area contributed by atoms with Gasteiger partial charge in [0, 0.05) is 0 Å². The number of halogens is 3. The summed E-state index contributed by atoms with van der Waals surface area (Å²) >= 11 is 9.54. The molecule has 1 N–H and O–H groups in total. The zero-order valence-electron chi connectivity index (χ0n) is 11.0. The predicted molar refractivity (Wildman–Crippen MR) is 84.1 cm³/mol. The molecule has 0 saturated carbocycles. The SMILES string of the molecule is CC(Nc1nc(Cl)c2ccc(Br)n2n1)c1ccc(F)cc1. The standard InChI is InChI=1S/C14H11BrClFN4/c1-8(9-2-4-10(17)5-3-9)18-14-19-13(16)11-6-7-12(15)21(11)20-14/h2-8H,1H3,(H,18,20).